The molecule has 4 nitrogen and oxygen atoms in total. The Balaban J connectivity index is 2.21. The van der Waals surface area contributed by atoms with Crippen LogP contribution in [0.3, 0.4) is 0 Å². The third-order valence-electron chi connectivity index (χ3n) is 2.78. The number of hydrogen-bond donors (Lipinski definition) is 0. The molecule has 1 aromatic rings. The highest BCUT2D eigenvalue weighted by molar-refractivity contribution is 5.96. The Morgan fingerprint density at radius 3 is 2.89 bits per heavy atom. The molecule has 18 heavy (non-hydrogen) atoms. The summed E-state index contributed by atoms with van der Waals surface area (Å²) in [7, 11) is 1.40. The highest BCUT2D eigenvalue weighted by Crippen LogP contribution is 2.30. The van der Waals surface area contributed by atoms with Crippen LogP contribution in [0, 0.1) is 0 Å². The van der Waals surface area contributed by atoms with Gasteiger partial charge in [-0.2, -0.15) is 0 Å². The average molecular weight is 256 g/mol. The predicted molar refractivity (Wildman–Crippen MR) is 60.9 cm³/mol. The van der Waals surface area contributed by atoms with Crippen molar-refractivity contribution >= 4 is 5.91 Å². The zero-order valence-corrected chi connectivity index (χ0v) is 9.97. The number of hydrogen-bond acceptors (Lipinski definition) is 3. The Morgan fingerprint density at radius 1 is 1.61 bits per heavy atom. The molecule has 0 bridgehead atoms. The largest absolute Gasteiger partial charge is 0.480 e. The first kappa shape index (κ1) is 12.7. The number of halogens is 2. The Bertz CT molecular complexity index is 436. The van der Waals surface area contributed by atoms with Crippen molar-refractivity contribution in [1.29, 1.82) is 0 Å². The van der Waals surface area contributed by atoms with Crippen molar-refractivity contribution in [3.8, 4) is 5.88 Å². The Hall–Kier alpha value is -1.72. The summed E-state index contributed by atoms with van der Waals surface area (Å²) < 4.78 is 30.0. The summed E-state index contributed by atoms with van der Waals surface area (Å²) in [6, 6.07) is 3.05. The summed E-state index contributed by atoms with van der Waals surface area (Å²) in [5.74, 6) is -0.273. The average Bonchev–Trinajstić information content (AvgIpc) is 3.19. The van der Waals surface area contributed by atoms with Crippen LogP contribution in [0.2, 0.25) is 0 Å². The van der Waals surface area contributed by atoms with Gasteiger partial charge >= 0.3 is 0 Å². The van der Waals surface area contributed by atoms with Crippen LogP contribution in [0.4, 0.5) is 8.78 Å². The third-order valence-corrected chi connectivity index (χ3v) is 2.78. The molecule has 0 N–H and O–H groups in total. The van der Waals surface area contributed by atoms with Gasteiger partial charge in [-0.3, -0.25) is 4.79 Å². The molecule has 0 atom stereocenters. The maximum absolute atomic E-state index is 12.5. The van der Waals surface area contributed by atoms with E-state index in [2.05, 4.69) is 4.98 Å². The number of pyridine rings is 1. The molecule has 0 saturated heterocycles. The van der Waals surface area contributed by atoms with Crippen molar-refractivity contribution in [2.45, 2.75) is 25.3 Å². The van der Waals surface area contributed by atoms with Gasteiger partial charge in [-0.15, -0.1) is 0 Å². The van der Waals surface area contributed by atoms with Gasteiger partial charge in [0.25, 0.3) is 12.3 Å². The zero-order valence-electron chi connectivity index (χ0n) is 9.97. The minimum atomic E-state index is -2.53. The van der Waals surface area contributed by atoms with Gasteiger partial charge in [0.1, 0.15) is 5.56 Å². The fourth-order valence-corrected chi connectivity index (χ4v) is 1.80. The summed E-state index contributed by atoms with van der Waals surface area (Å²) in [5.41, 5.74) is 0.229. The molecular weight excluding hydrogens is 242 g/mol. The van der Waals surface area contributed by atoms with Gasteiger partial charge in [-0.1, -0.05) is 0 Å². The molecule has 0 aromatic carbocycles. The zero-order chi connectivity index (χ0) is 13.1. The monoisotopic (exact) mass is 256 g/mol. The molecule has 0 unspecified atom stereocenters. The number of ether oxygens (including phenoxy) is 1. The summed E-state index contributed by atoms with van der Waals surface area (Å²) in [5, 5.41) is 0. The molecule has 0 radical (unpaired) electrons. The van der Waals surface area contributed by atoms with E-state index in [4.69, 9.17) is 4.74 Å². The molecule has 1 aromatic heterocycles. The molecule has 98 valence electrons. The fraction of sp³-hybridized carbons (Fsp3) is 0.500. The van der Waals surface area contributed by atoms with Crippen molar-refractivity contribution in [2.75, 3.05) is 13.7 Å². The van der Waals surface area contributed by atoms with Crippen LogP contribution in [0.25, 0.3) is 0 Å². The highest BCUT2D eigenvalue weighted by Gasteiger charge is 2.35. The van der Waals surface area contributed by atoms with Crippen molar-refractivity contribution in [1.82, 2.24) is 9.88 Å². The highest BCUT2D eigenvalue weighted by atomic mass is 19.3. The molecular formula is C12H14F2N2O2. The van der Waals surface area contributed by atoms with E-state index in [0.29, 0.717) is 0 Å². The van der Waals surface area contributed by atoms with Crippen molar-refractivity contribution in [2.24, 2.45) is 0 Å². The van der Waals surface area contributed by atoms with Gasteiger partial charge in [0.2, 0.25) is 5.88 Å². The number of aromatic nitrogens is 1. The lowest BCUT2D eigenvalue weighted by molar-refractivity contribution is 0.0530. The number of carbonyl (C=O) groups excluding carboxylic acids is 1. The van der Waals surface area contributed by atoms with Gasteiger partial charge in [-0.05, 0) is 25.0 Å². The molecule has 1 aliphatic rings. The van der Waals surface area contributed by atoms with Gasteiger partial charge in [0.15, 0.2) is 0 Å². The van der Waals surface area contributed by atoms with Gasteiger partial charge < -0.3 is 9.64 Å². The number of nitrogens with zero attached hydrogens (tertiary/aromatic N) is 2. The van der Waals surface area contributed by atoms with Crippen LogP contribution in [0.1, 0.15) is 23.2 Å². The normalized spacial score (nSPS) is 14.7. The van der Waals surface area contributed by atoms with E-state index in [-0.39, 0.29) is 17.5 Å². The lowest BCUT2D eigenvalue weighted by Gasteiger charge is -2.22. The molecule has 2 rings (SSSR count). The topological polar surface area (TPSA) is 42.4 Å². The summed E-state index contributed by atoms with van der Waals surface area (Å²) in [6.45, 7) is -0.540. The van der Waals surface area contributed by atoms with E-state index in [9.17, 15) is 13.6 Å². The SMILES string of the molecule is COc1ncccc1C(=O)N(CC(F)F)C1CC1. The van der Waals surface area contributed by atoms with E-state index in [0.717, 1.165) is 12.8 Å². The van der Waals surface area contributed by atoms with Crippen LogP contribution in [0.5, 0.6) is 5.88 Å². The first-order valence-corrected chi connectivity index (χ1v) is 5.71. The van der Waals surface area contributed by atoms with Gasteiger partial charge in [0.05, 0.1) is 13.7 Å². The van der Waals surface area contributed by atoms with E-state index in [1.807, 2.05) is 0 Å². The third kappa shape index (κ3) is 2.75. The Morgan fingerprint density at radius 2 is 2.33 bits per heavy atom. The molecule has 6 heteroatoms. The minimum Gasteiger partial charge on any atom is -0.480 e. The van der Waals surface area contributed by atoms with Crippen LogP contribution in [-0.4, -0.2) is 41.9 Å². The number of carbonyl (C=O) groups is 1. The van der Waals surface area contributed by atoms with Crippen molar-refractivity contribution < 1.29 is 18.3 Å². The number of alkyl halides is 2. The standard InChI is InChI=1S/C12H14F2N2O2/c1-18-11-9(3-2-6-15-11)12(17)16(7-10(13)14)8-4-5-8/h2-3,6,8,10H,4-5,7H2,1H3. The second-order valence-electron chi connectivity index (χ2n) is 4.14. The van der Waals surface area contributed by atoms with Crippen molar-refractivity contribution in [3.63, 3.8) is 0 Å². The van der Waals surface area contributed by atoms with E-state index in [1.54, 1.807) is 6.07 Å². The molecule has 1 heterocycles. The quantitative estimate of drug-likeness (QED) is 0.808. The molecule has 0 aliphatic heterocycles. The first-order chi connectivity index (χ1) is 8.63. The summed E-state index contributed by atoms with van der Waals surface area (Å²) in [6.07, 6.45) is 0.518. The van der Waals surface area contributed by atoms with E-state index >= 15 is 0 Å². The van der Waals surface area contributed by atoms with Gasteiger partial charge in [0, 0.05) is 12.2 Å². The molecule has 1 amide bonds. The smallest absolute Gasteiger partial charge is 0.259 e. The lowest BCUT2D eigenvalue weighted by Crippen LogP contribution is -2.37. The fourth-order valence-electron chi connectivity index (χ4n) is 1.80. The second kappa shape index (κ2) is 5.29. The second-order valence-corrected chi connectivity index (χ2v) is 4.14. The molecule has 1 aliphatic carbocycles. The van der Waals surface area contributed by atoms with Crippen LogP contribution >= 0.6 is 0 Å². The van der Waals surface area contributed by atoms with Crippen LogP contribution in [0.15, 0.2) is 18.3 Å². The summed E-state index contributed by atoms with van der Waals surface area (Å²) in [4.78, 5) is 17.3. The van der Waals surface area contributed by atoms with Gasteiger partial charge in [-0.25, -0.2) is 13.8 Å². The van der Waals surface area contributed by atoms with Crippen LogP contribution in [-0.2, 0) is 0 Å². The molecule has 0 spiro atoms. The summed E-state index contributed by atoms with van der Waals surface area (Å²) >= 11 is 0. The molecule has 1 fully saturated rings. The Labute approximate surface area is 104 Å². The lowest BCUT2D eigenvalue weighted by atomic mass is 10.2. The molecule has 1 saturated carbocycles. The number of rotatable bonds is 5. The maximum Gasteiger partial charge on any atom is 0.259 e. The van der Waals surface area contributed by atoms with E-state index < -0.39 is 18.9 Å². The van der Waals surface area contributed by atoms with Crippen LogP contribution < -0.4 is 4.74 Å². The predicted octanol–water partition coefficient (Wildman–Crippen LogP) is 1.96. The van der Waals surface area contributed by atoms with E-state index in [1.165, 1.54) is 24.3 Å². The first-order valence-electron chi connectivity index (χ1n) is 5.71. The number of methoxy groups -OCH3 is 1. The maximum atomic E-state index is 12.5. The Kier molecular flexibility index (Phi) is 3.74. The number of amides is 1. The van der Waals surface area contributed by atoms with Crippen molar-refractivity contribution in [3.05, 3.63) is 23.9 Å². The minimum absolute atomic E-state index is 0.0728.